The van der Waals surface area contributed by atoms with Crippen molar-refractivity contribution in [3.8, 4) is 33.4 Å². The quantitative estimate of drug-likeness (QED) is 0.152. The van der Waals surface area contributed by atoms with Crippen LogP contribution in [-0.2, 0) is 21.8 Å². The van der Waals surface area contributed by atoms with E-state index < -0.39 is 16.4 Å². The molecule has 73 heavy (non-hydrogen) atoms. The maximum Gasteiger partial charge on any atom is 0.490 e. The lowest BCUT2D eigenvalue weighted by atomic mass is 9.63. The zero-order valence-electron chi connectivity index (χ0n) is 43.7. The fraction of sp³-hybridized carbons (Fsp3) is 0.200. The molecule has 3 heteroatoms. The van der Waals surface area contributed by atoms with E-state index >= 15 is 0 Å². The Morgan fingerprint density at radius 2 is 0.767 bits per heavy atom. The average molecular weight is 944 g/mol. The lowest BCUT2D eigenvalue weighted by Crippen LogP contribution is -2.38. The number of hydrogen-bond acceptors (Lipinski definition) is 1. The van der Waals surface area contributed by atoms with Crippen LogP contribution in [0.2, 0.25) is 0 Å². The lowest BCUT2D eigenvalue weighted by molar-refractivity contribution is -0.533. The summed E-state index contributed by atoms with van der Waals surface area (Å²) in [5, 5.41) is 0. The van der Waals surface area contributed by atoms with E-state index in [1.165, 1.54) is 128 Å². The molecule has 0 amide bonds. The zero-order valence-corrected chi connectivity index (χ0v) is 43.7. The highest BCUT2D eigenvalue weighted by atomic mass is 15.2. The van der Waals surface area contributed by atoms with E-state index in [4.69, 9.17) is 4.98 Å². The highest BCUT2D eigenvalue weighted by molar-refractivity contribution is 5.90. The van der Waals surface area contributed by atoms with Crippen molar-refractivity contribution < 1.29 is 9.15 Å². The van der Waals surface area contributed by atoms with Crippen molar-refractivity contribution in [1.82, 2.24) is 4.98 Å². The van der Waals surface area contributed by atoms with E-state index in [1.54, 1.807) is 0 Å². The average Bonchev–Trinajstić information content (AvgIpc) is 4.09. The largest absolute Gasteiger partial charge is 0.490 e. The van der Waals surface area contributed by atoms with E-state index in [-0.39, 0.29) is 5.41 Å². The van der Waals surface area contributed by atoms with Crippen molar-refractivity contribution in [2.24, 2.45) is 0 Å². The third-order valence-electron chi connectivity index (χ3n) is 16.8. The molecule has 0 N–H and O–H groups in total. The lowest BCUT2D eigenvalue weighted by Gasteiger charge is -2.38. The number of benzene rings is 8. The molecule has 0 saturated carbocycles. The molecule has 2 heterocycles. The predicted octanol–water partition coefficient (Wildman–Crippen LogP) is 15.5. The second-order valence-electron chi connectivity index (χ2n) is 22.7. The monoisotopic (exact) mass is 943 g/mol. The van der Waals surface area contributed by atoms with Crippen LogP contribution in [-0.4, -0.2) is 27.2 Å². The van der Waals surface area contributed by atoms with Gasteiger partial charge in [0.25, 0.3) is 5.54 Å². The molecule has 0 fully saturated rings. The van der Waals surface area contributed by atoms with Gasteiger partial charge in [-0.15, -0.1) is 0 Å². The third kappa shape index (κ3) is 6.22. The van der Waals surface area contributed by atoms with Gasteiger partial charge >= 0.3 is 6.01 Å². The summed E-state index contributed by atoms with van der Waals surface area (Å²) in [5.41, 5.74) is 27.6. The zero-order chi connectivity index (χ0) is 50.3. The summed E-state index contributed by atoms with van der Waals surface area (Å²) in [6.07, 6.45) is 6.39. The summed E-state index contributed by atoms with van der Waals surface area (Å²) in [6, 6.07) is 70.2. The Labute approximate surface area is 431 Å². The van der Waals surface area contributed by atoms with E-state index in [2.05, 4.69) is 267 Å². The third-order valence-corrected chi connectivity index (χ3v) is 16.8. The Morgan fingerprint density at radius 1 is 0.397 bits per heavy atom. The molecule has 8 aromatic carbocycles. The van der Waals surface area contributed by atoms with Crippen molar-refractivity contribution in [1.29, 1.82) is 0 Å². The number of pyridine rings is 1. The number of rotatable bonds is 6. The van der Waals surface area contributed by atoms with Crippen LogP contribution in [0, 0.1) is 41.5 Å². The predicted molar refractivity (Wildman–Crippen MR) is 298 cm³/mol. The maximum absolute atomic E-state index is 5.47. The Kier molecular flexibility index (Phi) is 9.70. The molecule has 0 spiro atoms. The molecule has 4 aliphatic rings. The number of nitrogens with zero attached hydrogens (tertiary/aromatic N) is 3. The molecule has 3 aliphatic carbocycles. The minimum absolute atomic E-state index is 0.0861. The number of fused-ring (bicyclic) bond motifs is 9. The Balaban J connectivity index is 1.17. The van der Waals surface area contributed by atoms with Crippen molar-refractivity contribution >= 4 is 6.01 Å². The fourth-order valence-corrected chi connectivity index (χ4v) is 13.5. The second kappa shape index (κ2) is 15.8. The Bertz CT molecular complexity index is 3820. The molecule has 0 atom stereocenters. The van der Waals surface area contributed by atoms with Crippen LogP contribution in [0.5, 0.6) is 0 Å². The first-order valence-corrected chi connectivity index (χ1v) is 26.0. The van der Waals surface area contributed by atoms with Gasteiger partial charge in [-0.1, -0.05) is 203 Å². The van der Waals surface area contributed by atoms with E-state index in [0.717, 1.165) is 5.69 Å². The summed E-state index contributed by atoms with van der Waals surface area (Å²) in [7, 11) is 2.08. The summed E-state index contributed by atoms with van der Waals surface area (Å²) < 4.78 is 4.40. The van der Waals surface area contributed by atoms with Crippen LogP contribution in [0.1, 0.15) is 121 Å². The van der Waals surface area contributed by atoms with Crippen LogP contribution in [0.25, 0.3) is 33.4 Å². The van der Waals surface area contributed by atoms with Gasteiger partial charge < -0.3 is 0 Å². The minimum atomic E-state index is -0.726. The summed E-state index contributed by atoms with van der Waals surface area (Å²) in [5.74, 6) is 0. The molecule has 9 aromatic rings. The molecule has 0 bridgehead atoms. The fourth-order valence-electron chi connectivity index (χ4n) is 13.5. The molecule has 0 saturated heterocycles. The maximum atomic E-state index is 5.47. The molecular formula is C70H61N3+2. The SMILES string of the molecule is Cc1ccc2c(c1)C(c1cccc(C3(c4cc(C(C)(C)C)ccn4)c4cc(C)ccc4-c4ccc(C)cc43)c1)(c1cccc(C3([N+]4=C=[N+](C)C=C4)c4cc(C)ccc4-c4ccc(C)cc43)c1)c1cc(C)ccc1-2. The van der Waals surface area contributed by atoms with Gasteiger partial charge in [-0.05, 0) is 155 Å². The summed E-state index contributed by atoms with van der Waals surface area (Å²) in [6.45, 7) is 20.3. The first-order valence-electron chi connectivity index (χ1n) is 26.0. The van der Waals surface area contributed by atoms with E-state index in [1.807, 2.05) is 6.20 Å². The summed E-state index contributed by atoms with van der Waals surface area (Å²) >= 11 is 0. The Hall–Kier alpha value is -7.97. The van der Waals surface area contributed by atoms with Crippen molar-refractivity contribution in [2.75, 3.05) is 7.05 Å². The van der Waals surface area contributed by atoms with Crippen LogP contribution in [0.15, 0.2) is 188 Å². The number of aryl methyl sites for hydroxylation is 6. The van der Waals surface area contributed by atoms with Gasteiger partial charge in [0.15, 0.2) is 7.05 Å². The summed E-state index contributed by atoms with van der Waals surface area (Å²) in [4.78, 5) is 5.47. The van der Waals surface area contributed by atoms with Crippen molar-refractivity contribution in [3.05, 3.63) is 289 Å². The first-order chi connectivity index (χ1) is 35.1. The first kappa shape index (κ1) is 44.9. The minimum Gasteiger partial charge on any atom is -0.260 e. The van der Waals surface area contributed by atoms with Gasteiger partial charge in [-0.25, -0.2) is 0 Å². The highest BCUT2D eigenvalue weighted by Gasteiger charge is 2.57. The molecule has 13 rings (SSSR count). The van der Waals surface area contributed by atoms with Crippen LogP contribution < -0.4 is 0 Å². The molecule has 1 aliphatic heterocycles. The van der Waals surface area contributed by atoms with Gasteiger partial charge in [0, 0.05) is 22.9 Å². The number of hydrogen-bond donors (Lipinski definition) is 0. The van der Waals surface area contributed by atoms with Gasteiger partial charge in [0.1, 0.15) is 0 Å². The second-order valence-corrected chi connectivity index (χ2v) is 22.7. The van der Waals surface area contributed by atoms with Crippen LogP contribution in [0.4, 0.5) is 0 Å². The van der Waals surface area contributed by atoms with Crippen molar-refractivity contribution in [2.45, 2.75) is 84.1 Å². The normalized spacial score (nSPS) is 15.8. The smallest absolute Gasteiger partial charge is 0.260 e. The van der Waals surface area contributed by atoms with Crippen LogP contribution in [0.3, 0.4) is 0 Å². The van der Waals surface area contributed by atoms with Gasteiger partial charge in [0.2, 0.25) is 12.4 Å². The van der Waals surface area contributed by atoms with Gasteiger partial charge in [0.05, 0.1) is 16.5 Å². The molecule has 0 radical (unpaired) electrons. The van der Waals surface area contributed by atoms with Gasteiger partial charge in [-0.2, -0.15) is 0 Å². The molecule has 354 valence electrons. The van der Waals surface area contributed by atoms with Crippen molar-refractivity contribution in [3.63, 3.8) is 0 Å². The topological polar surface area (TPSA) is 18.9 Å². The van der Waals surface area contributed by atoms with E-state index in [0.29, 0.717) is 0 Å². The standard InChI is InChI=1S/C70H61N3/c1-43-17-23-54-55-24-18-44(2)34-61(55)68(60(54)33-43,51-14-12-16-53(40-51)70(73-32-31-72(10)42-73)64-37-47(5)21-27-58(64)59-28-22-48(6)38-65(59)70)50-13-11-15-52(39-50)69(66-41-49(29-30-71-66)67(7,8)9)62-35-45(3)19-25-56(62)57-26-20-46(4)36-63(57)69/h11-41H,1-10H3/q+2. The van der Waals surface area contributed by atoms with Gasteiger partial charge in [-0.3, -0.25) is 4.98 Å². The van der Waals surface area contributed by atoms with E-state index in [9.17, 15) is 0 Å². The number of aromatic nitrogens is 1. The highest BCUT2D eigenvalue weighted by Crippen LogP contribution is 2.61. The molecule has 0 unspecified atom stereocenters. The van der Waals surface area contributed by atoms with Crippen LogP contribution >= 0.6 is 0 Å². The molecule has 3 nitrogen and oxygen atoms in total. The molecule has 1 aromatic heterocycles. The Morgan fingerprint density at radius 3 is 1.18 bits per heavy atom. The molecular weight excluding hydrogens is 883 g/mol.